The van der Waals surface area contributed by atoms with Gasteiger partial charge in [-0.15, -0.1) is 0 Å². The van der Waals surface area contributed by atoms with Crippen LogP contribution in [0, 0.1) is 6.92 Å². The number of carbonyl (C=O) groups excluding carboxylic acids is 1. The van der Waals surface area contributed by atoms with Gasteiger partial charge in [-0.25, -0.2) is 0 Å². The number of benzene rings is 1. The fourth-order valence-corrected chi connectivity index (χ4v) is 3.50. The number of carbonyl (C=O) groups is 1. The molecule has 0 radical (unpaired) electrons. The van der Waals surface area contributed by atoms with Crippen LogP contribution in [-0.4, -0.2) is 52.1 Å². The minimum Gasteiger partial charge on any atom is -0.336 e. The second kappa shape index (κ2) is 7.00. The molecule has 0 unspecified atom stereocenters. The first-order valence-corrected chi connectivity index (χ1v) is 9.31. The highest BCUT2D eigenvalue weighted by Gasteiger charge is 2.28. The van der Waals surface area contributed by atoms with Crippen molar-refractivity contribution in [3.05, 3.63) is 52.8 Å². The number of H-pyrrole nitrogens is 1. The van der Waals surface area contributed by atoms with E-state index in [0.717, 1.165) is 44.8 Å². The normalized spacial score (nSPS) is 19.0. The maximum atomic E-state index is 12.7. The minimum absolute atomic E-state index is 0.0698. The van der Waals surface area contributed by atoms with Crippen molar-refractivity contribution in [2.24, 2.45) is 0 Å². The number of aromatic nitrogens is 2. The molecule has 2 heterocycles. The Morgan fingerprint density at radius 1 is 1.16 bits per heavy atom. The van der Waals surface area contributed by atoms with E-state index in [0.29, 0.717) is 11.6 Å². The predicted octanol–water partition coefficient (Wildman–Crippen LogP) is 2.94. The maximum Gasteiger partial charge on any atom is 0.274 e. The molecule has 132 valence electrons. The molecule has 2 aliphatic rings. The lowest BCUT2D eigenvalue weighted by Gasteiger charge is -2.21. The third-order valence-corrected chi connectivity index (χ3v) is 5.24. The standard InChI is InChI=1S/C20H26N4O/c1-15-3-5-16(6-4-15)14-23-9-2-10-24(12-11-23)20(25)19-13-18(21-22-19)17-7-8-17/h3-6,13,17H,2,7-12,14H2,1H3,(H,21,22). The summed E-state index contributed by atoms with van der Waals surface area (Å²) in [4.78, 5) is 17.1. The summed E-state index contributed by atoms with van der Waals surface area (Å²) in [6.07, 6.45) is 3.44. The second-order valence-electron chi connectivity index (χ2n) is 7.39. The highest BCUT2D eigenvalue weighted by Crippen LogP contribution is 2.39. The van der Waals surface area contributed by atoms with Gasteiger partial charge >= 0.3 is 0 Å². The number of nitrogens with zero attached hydrogens (tertiary/aromatic N) is 3. The average Bonchev–Trinajstić information content (AvgIpc) is 3.39. The lowest BCUT2D eigenvalue weighted by atomic mass is 10.1. The van der Waals surface area contributed by atoms with Gasteiger partial charge in [0, 0.05) is 44.3 Å². The summed E-state index contributed by atoms with van der Waals surface area (Å²) in [5.74, 6) is 0.670. The Kier molecular flexibility index (Phi) is 4.57. The molecule has 0 spiro atoms. The van der Waals surface area contributed by atoms with E-state index >= 15 is 0 Å². The number of rotatable bonds is 4. The fraction of sp³-hybridized carbons (Fsp3) is 0.500. The largest absolute Gasteiger partial charge is 0.336 e. The molecule has 2 aromatic rings. The third kappa shape index (κ3) is 3.93. The molecule has 1 aliphatic heterocycles. The molecule has 1 aliphatic carbocycles. The summed E-state index contributed by atoms with van der Waals surface area (Å²) < 4.78 is 0. The summed E-state index contributed by atoms with van der Waals surface area (Å²) in [5.41, 5.74) is 4.33. The molecule has 2 fully saturated rings. The highest BCUT2D eigenvalue weighted by molar-refractivity contribution is 5.92. The van der Waals surface area contributed by atoms with Gasteiger partial charge in [-0.1, -0.05) is 29.8 Å². The molecule has 0 atom stereocenters. The number of aromatic amines is 1. The van der Waals surface area contributed by atoms with Gasteiger partial charge in [-0.2, -0.15) is 5.10 Å². The van der Waals surface area contributed by atoms with Crippen molar-refractivity contribution < 1.29 is 4.79 Å². The molecule has 1 N–H and O–H groups in total. The first-order valence-electron chi connectivity index (χ1n) is 9.31. The monoisotopic (exact) mass is 338 g/mol. The first kappa shape index (κ1) is 16.3. The van der Waals surface area contributed by atoms with Crippen LogP contribution >= 0.6 is 0 Å². The summed E-state index contributed by atoms with van der Waals surface area (Å²) in [5, 5.41) is 7.29. The van der Waals surface area contributed by atoms with E-state index in [2.05, 4.69) is 46.3 Å². The average molecular weight is 338 g/mol. The molecule has 1 aromatic heterocycles. The van der Waals surface area contributed by atoms with Crippen molar-refractivity contribution in [2.45, 2.75) is 38.6 Å². The summed E-state index contributed by atoms with van der Waals surface area (Å²) >= 11 is 0. The van der Waals surface area contributed by atoms with Crippen LogP contribution in [0.2, 0.25) is 0 Å². The molecular formula is C20H26N4O. The number of nitrogens with one attached hydrogen (secondary N) is 1. The Balaban J connectivity index is 1.35. The quantitative estimate of drug-likeness (QED) is 0.932. The van der Waals surface area contributed by atoms with Gasteiger partial charge < -0.3 is 4.90 Å². The minimum atomic E-state index is 0.0698. The Hall–Kier alpha value is -2.14. The Bertz CT molecular complexity index is 732. The number of hydrogen-bond acceptors (Lipinski definition) is 3. The summed E-state index contributed by atoms with van der Waals surface area (Å²) in [6.45, 7) is 6.61. The molecule has 1 aromatic carbocycles. The summed E-state index contributed by atoms with van der Waals surface area (Å²) in [7, 11) is 0. The van der Waals surface area contributed by atoms with Gasteiger partial charge in [0.1, 0.15) is 5.69 Å². The van der Waals surface area contributed by atoms with Gasteiger partial charge in [-0.3, -0.25) is 14.8 Å². The van der Waals surface area contributed by atoms with Crippen LogP contribution in [0.4, 0.5) is 0 Å². The van der Waals surface area contributed by atoms with E-state index < -0.39 is 0 Å². The molecule has 5 heteroatoms. The predicted molar refractivity (Wildman–Crippen MR) is 97.5 cm³/mol. The molecule has 1 saturated heterocycles. The fourth-order valence-electron chi connectivity index (χ4n) is 3.50. The number of amides is 1. The van der Waals surface area contributed by atoms with Gasteiger partial charge in [0.05, 0.1) is 0 Å². The van der Waals surface area contributed by atoms with Gasteiger partial charge in [0.2, 0.25) is 0 Å². The van der Waals surface area contributed by atoms with Crippen molar-refractivity contribution >= 4 is 5.91 Å². The van der Waals surface area contributed by atoms with Crippen LogP contribution < -0.4 is 0 Å². The number of hydrogen-bond donors (Lipinski definition) is 1. The Morgan fingerprint density at radius 2 is 1.96 bits per heavy atom. The van der Waals surface area contributed by atoms with Crippen LogP contribution in [0.15, 0.2) is 30.3 Å². The van der Waals surface area contributed by atoms with E-state index in [1.807, 2.05) is 11.0 Å². The van der Waals surface area contributed by atoms with E-state index in [1.54, 1.807) is 0 Å². The van der Waals surface area contributed by atoms with Gasteiger partial charge in [0.25, 0.3) is 5.91 Å². The zero-order valence-corrected chi connectivity index (χ0v) is 14.9. The molecular weight excluding hydrogens is 312 g/mol. The second-order valence-corrected chi connectivity index (χ2v) is 7.39. The van der Waals surface area contributed by atoms with Gasteiger partial charge in [-0.05, 0) is 37.8 Å². The van der Waals surface area contributed by atoms with Crippen molar-refractivity contribution in [2.75, 3.05) is 26.2 Å². The molecule has 1 amide bonds. The van der Waals surface area contributed by atoms with Gasteiger partial charge in [0.15, 0.2) is 0 Å². The Labute approximate surface area is 149 Å². The van der Waals surface area contributed by atoms with Crippen LogP contribution in [0.25, 0.3) is 0 Å². The molecule has 0 bridgehead atoms. The van der Waals surface area contributed by atoms with Crippen molar-refractivity contribution in [1.82, 2.24) is 20.0 Å². The molecule has 25 heavy (non-hydrogen) atoms. The summed E-state index contributed by atoms with van der Waals surface area (Å²) in [6, 6.07) is 10.7. The van der Waals surface area contributed by atoms with Crippen molar-refractivity contribution in [3.63, 3.8) is 0 Å². The van der Waals surface area contributed by atoms with Crippen LogP contribution in [0.5, 0.6) is 0 Å². The zero-order chi connectivity index (χ0) is 17.2. The SMILES string of the molecule is Cc1ccc(CN2CCCN(C(=O)c3cc(C4CC4)[nH]n3)CC2)cc1. The smallest absolute Gasteiger partial charge is 0.274 e. The molecule has 5 nitrogen and oxygen atoms in total. The van der Waals surface area contributed by atoms with Crippen molar-refractivity contribution in [1.29, 1.82) is 0 Å². The Morgan fingerprint density at radius 3 is 2.72 bits per heavy atom. The van der Waals surface area contributed by atoms with Crippen molar-refractivity contribution in [3.8, 4) is 0 Å². The maximum absolute atomic E-state index is 12.7. The molecule has 1 saturated carbocycles. The lowest BCUT2D eigenvalue weighted by molar-refractivity contribution is 0.0755. The van der Waals surface area contributed by atoms with Crippen LogP contribution in [-0.2, 0) is 6.54 Å². The van der Waals surface area contributed by atoms with E-state index in [-0.39, 0.29) is 5.91 Å². The third-order valence-electron chi connectivity index (χ3n) is 5.24. The highest BCUT2D eigenvalue weighted by atomic mass is 16.2. The van der Waals surface area contributed by atoms with E-state index in [1.165, 1.54) is 24.0 Å². The lowest BCUT2D eigenvalue weighted by Crippen LogP contribution is -2.35. The molecule has 4 rings (SSSR count). The van der Waals surface area contributed by atoms with Crippen LogP contribution in [0.3, 0.4) is 0 Å². The number of aryl methyl sites for hydroxylation is 1. The zero-order valence-electron chi connectivity index (χ0n) is 14.9. The van der Waals surface area contributed by atoms with E-state index in [4.69, 9.17) is 0 Å². The van der Waals surface area contributed by atoms with Crippen LogP contribution in [0.1, 0.15) is 52.5 Å². The van der Waals surface area contributed by atoms with E-state index in [9.17, 15) is 4.79 Å². The topological polar surface area (TPSA) is 52.2 Å². The first-order chi connectivity index (χ1) is 12.2.